The molecule has 18 heavy (non-hydrogen) atoms. The van der Waals surface area contributed by atoms with E-state index in [1.165, 1.54) is 0 Å². The number of hydrogen-bond acceptors (Lipinski definition) is 5. The molecule has 0 saturated heterocycles. The summed E-state index contributed by atoms with van der Waals surface area (Å²) in [7, 11) is 4.11. The molecule has 0 bridgehead atoms. The normalized spacial score (nSPS) is 10.5. The van der Waals surface area contributed by atoms with E-state index in [2.05, 4.69) is 33.7 Å². The lowest BCUT2D eigenvalue weighted by molar-refractivity contribution is 0.777. The highest BCUT2D eigenvalue weighted by atomic mass is 15.2. The Morgan fingerprint density at radius 3 is 2.17 bits per heavy atom. The van der Waals surface area contributed by atoms with Gasteiger partial charge in [0, 0.05) is 33.3 Å². The van der Waals surface area contributed by atoms with E-state index in [0.29, 0.717) is 6.54 Å². The number of anilines is 2. The molecule has 0 aliphatic carbocycles. The lowest BCUT2D eigenvalue weighted by atomic mass is 10.3. The van der Waals surface area contributed by atoms with Crippen molar-refractivity contribution in [3.8, 4) is 0 Å². The van der Waals surface area contributed by atoms with Gasteiger partial charge in [-0.25, -0.2) is 9.97 Å². The summed E-state index contributed by atoms with van der Waals surface area (Å²) in [6.07, 6.45) is 2.08. The maximum Gasteiger partial charge on any atom is 0.134 e. The highest BCUT2D eigenvalue weighted by Gasteiger charge is 2.08. The maximum atomic E-state index is 5.53. The lowest BCUT2D eigenvalue weighted by Crippen LogP contribution is -2.24. The van der Waals surface area contributed by atoms with Gasteiger partial charge < -0.3 is 15.5 Å². The van der Waals surface area contributed by atoms with Gasteiger partial charge in [0.1, 0.15) is 17.5 Å². The molecule has 1 aromatic heterocycles. The van der Waals surface area contributed by atoms with Gasteiger partial charge in [-0.05, 0) is 26.3 Å². The Morgan fingerprint density at radius 2 is 1.67 bits per heavy atom. The third-order valence-corrected chi connectivity index (χ3v) is 2.85. The number of hydrogen-bond donors (Lipinski definition) is 1. The summed E-state index contributed by atoms with van der Waals surface area (Å²) in [5.41, 5.74) is 5.53. The van der Waals surface area contributed by atoms with Crippen LogP contribution >= 0.6 is 0 Å². The fraction of sp³-hybridized carbons (Fsp3) is 0.692. The Kier molecular flexibility index (Phi) is 5.85. The van der Waals surface area contributed by atoms with Crippen molar-refractivity contribution < 1.29 is 0 Å². The Bertz CT molecular complexity index is 366. The van der Waals surface area contributed by atoms with Gasteiger partial charge in [0.15, 0.2) is 0 Å². The van der Waals surface area contributed by atoms with Crippen molar-refractivity contribution in [1.82, 2.24) is 9.97 Å². The predicted octanol–water partition coefficient (Wildman–Crippen LogP) is 1.42. The molecule has 0 atom stereocenters. The van der Waals surface area contributed by atoms with Crippen LogP contribution in [-0.4, -0.2) is 43.7 Å². The first-order valence-electron chi connectivity index (χ1n) is 6.56. The van der Waals surface area contributed by atoms with Crippen molar-refractivity contribution in [2.45, 2.75) is 26.7 Å². The lowest BCUT2D eigenvalue weighted by Gasteiger charge is -2.22. The molecule has 0 radical (unpaired) electrons. The molecule has 2 N–H and O–H groups in total. The predicted molar refractivity (Wildman–Crippen MR) is 77.3 cm³/mol. The van der Waals surface area contributed by atoms with Crippen LogP contribution in [-0.2, 0) is 0 Å². The van der Waals surface area contributed by atoms with Crippen LogP contribution < -0.4 is 15.5 Å². The zero-order valence-electron chi connectivity index (χ0n) is 12.0. The van der Waals surface area contributed by atoms with E-state index in [0.717, 1.165) is 43.4 Å². The Morgan fingerprint density at radius 1 is 1.11 bits per heavy atom. The zero-order valence-corrected chi connectivity index (χ0v) is 12.0. The van der Waals surface area contributed by atoms with Gasteiger partial charge in [0.05, 0.1) is 0 Å². The van der Waals surface area contributed by atoms with E-state index in [1.54, 1.807) is 0 Å². The van der Waals surface area contributed by atoms with Gasteiger partial charge in [-0.2, -0.15) is 0 Å². The summed E-state index contributed by atoms with van der Waals surface area (Å²) in [6, 6.07) is 2.04. The first-order valence-corrected chi connectivity index (χ1v) is 6.56. The van der Waals surface area contributed by atoms with Crippen LogP contribution in [0.3, 0.4) is 0 Å². The fourth-order valence-corrected chi connectivity index (χ4v) is 1.82. The van der Waals surface area contributed by atoms with Gasteiger partial charge in [-0.3, -0.25) is 0 Å². The van der Waals surface area contributed by atoms with E-state index in [-0.39, 0.29) is 0 Å². The maximum absolute atomic E-state index is 5.53. The minimum Gasteiger partial charge on any atom is -0.360 e. The Balaban J connectivity index is 2.86. The number of aryl methyl sites for hydroxylation is 1. The second-order valence-electron chi connectivity index (χ2n) is 4.62. The largest absolute Gasteiger partial charge is 0.360 e. The summed E-state index contributed by atoms with van der Waals surface area (Å²) in [5.74, 6) is 2.76. The molecule has 0 amide bonds. The molecule has 5 heteroatoms. The molecule has 102 valence electrons. The Hall–Kier alpha value is -1.36. The van der Waals surface area contributed by atoms with Crippen LogP contribution in [0.15, 0.2) is 6.07 Å². The highest BCUT2D eigenvalue weighted by molar-refractivity contribution is 5.50. The van der Waals surface area contributed by atoms with Crippen LogP contribution in [0, 0.1) is 6.92 Å². The number of nitrogens with zero attached hydrogens (tertiary/aromatic N) is 4. The van der Waals surface area contributed by atoms with Crippen LogP contribution in [0.5, 0.6) is 0 Å². The second kappa shape index (κ2) is 7.16. The average Bonchev–Trinajstić information content (AvgIpc) is 2.35. The van der Waals surface area contributed by atoms with E-state index in [1.807, 2.05) is 20.0 Å². The van der Waals surface area contributed by atoms with Crippen LogP contribution in [0.2, 0.25) is 0 Å². The van der Waals surface area contributed by atoms with Crippen molar-refractivity contribution in [3.05, 3.63) is 11.9 Å². The van der Waals surface area contributed by atoms with Crippen molar-refractivity contribution in [3.63, 3.8) is 0 Å². The monoisotopic (exact) mass is 251 g/mol. The summed E-state index contributed by atoms with van der Waals surface area (Å²) >= 11 is 0. The highest BCUT2D eigenvalue weighted by Crippen LogP contribution is 2.17. The molecule has 0 fully saturated rings. The standard InChI is InChI=1S/C13H25N5/c1-5-8-17(3)12-10-13(16-11(2)15-12)18(4)9-6-7-14/h10H,5-9,14H2,1-4H3. The number of nitrogens with two attached hydrogens (primary N) is 1. The molecule has 5 nitrogen and oxygen atoms in total. The summed E-state index contributed by atoms with van der Waals surface area (Å²) in [5, 5.41) is 0. The molecule has 0 spiro atoms. The summed E-state index contributed by atoms with van der Waals surface area (Å²) in [4.78, 5) is 13.2. The first-order chi connectivity index (χ1) is 8.58. The van der Waals surface area contributed by atoms with E-state index < -0.39 is 0 Å². The smallest absolute Gasteiger partial charge is 0.134 e. The first kappa shape index (κ1) is 14.7. The SMILES string of the molecule is CCCN(C)c1cc(N(C)CCCN)nc(C)n1. The summed E-state index contributed by atoms with van der Waals surface area (Å²) in [6.45, 7) is 6.73. The molecule has 0 saturated carbocycles. The molecule has 0 unspecified atom stereocenters. The minimum absolute atomic E-state index is 0.705. The minimum atomic E-state index is 0.705. The third kappa shape index (κ3) is 4.14. The van der Waals surface area contributed by atoms with Crippen LogP contribution in [0.25, 0.3) is 0 Å². The second-order valence-corrected chi connectivity index (χ2v) is 4.62. The molecular weight excluding hydrogens is 226 g/mol. The number of aromatic nitrogens is 2. The van der Waals surface area contributed by atoms with Gasteiger partial charge in [0.25, 0.3) is 0 Å². The van der Waals surface area contributed by atoms with E-state index in [9.17, 15) is 0 Å². The van der Waals surface area contributed by atoms with Crippen LogP contribution in [0.1, 0.15) is 25.6 Å². The molecule has 1 heterocycles. The van der Waals surface area contributed by atoms with Crippen molar-refractivity contribution >= 4 is 11.6 Å². The van der Waals surface area contributed by atoms with Gasteiger partial charge in [-0.1, -0.05) is 6.92 Å². The average molecular weight is 251 g/mol. The third-order valence-electron chi connectivity index (χ3n) is 2.85. The quantitative estimate of drug-likeness (QED) is 0.794. The van der Waals surface area contributed by atoms with E-state index >= 15 is 0 Å². The molecule has 1 rings (SSSR count). The molecule has 1 aromatic rings. The fourth-order valence-electron chi connectivity index (χ4n) is 1.82. The Labute approximate surface area is 110 Å². The summed E-state index contributed by atoms with van der Waals surface area (Å²) < 4.78 is 0. The van der Waals surface area contributed by atoms with Crippen molar-refractivity contribution in [1.29, 1.82) is 0 Å². The zero-order chi connectivity index (χ0) is 13.5. The molecule has 0 aliphatic heterocycles. The van der Waals surface area contributed by atoms with Crippen molar-refractivity contribution in [2.75, 3.05) is 43.5 Å². The topological polar surface area (TPSA) is 58.3 Å². The van der Waals surface area contributed by atoms with Crippen LogP contribution in [0.4, 0.5) is 11.6 Å². The number of rotatable bonds is 7. The van der Waals surface area contributed by atoms with Crippen molar-refractivity contribution in [2.24, 2.45) is 5.73 Å². The molecule has 0 aliphatic rings. The van der Waals surface area contributed by atoms with Gasteiger partial charge >= 0.3 is 0 Å². The molecule has 0 aromatic carbocycles. The van der Waals surface area contributed by atoms with Gasteiger partial charge in [-0.15, -0.1) is 0 Å². The van der Waals surface area contributed by atoms with E-state index in [4.69, 9.17) is 5.73 Å². The van der Waals surface area contributed by atoms with Gasteiger partial charge in [0.2, 0.25) is 0 Å². The molecular formula is C13H25N5.